The van der Waals surface area contributed by atoms with Crippen molar-refractivity contribution >= 4 is 52.5 Å². The number of Topliss-reactive ketones (excluding diaryl/α,β-unsaturated/α-hetero) is 1. The van der Waals surface area contributed by atoms with Gasteiger partial charge in [-0.1, -0.05) is 79.5 Å². The van der Waals surface area contributed by atoms with Gasteiger partial charge in [0.1, 0.15) is 17.2 Å². The first-order valence-corrected chi connectivity index (χ1v) is 16.9. The summed E-state index contributed by atoms with van der Waals surface area (Å²) >= 11 is 11.9. The van der Waals surface area contributed by atoms with Crippen LogP contribution in [0.25, 0.3) is 0 Å². The average Bonchev–Trinajstić information content (AvgIpc) is 3.53. The minimum absolute atomic E-state index is 0.0331. The van der Waals surface area contributed by atoms with E-state index in [9.17, 15) is 19.2 Å². The minimum Gasteiger partial charge on any atom is -0.457 e. The van der Waals surface area contributed by atoms with Crippen molar-refractivity contribution < 1.29 is 33.4 Å². The SMILES string of the molecule is CC(C)(c1ccccc1)c1ccc(Oc2ccc(N3C[C@H](C(=O)OCC(=O)c4ccc(OC(=O)c5ccc(Cl)cc5Cl)cc4)CC3=O)cc2)cc1. The smallest absolute Gasteiger partial charge is 0.345 e. The maximum Gasteiger partial charge on any atom is 0.345 e. The molecule has 1 saturated heterocycles. The molecule has 8 nitrogen and oxygen atoms in total. The van der Waals surface area contributed by atoms with E-state index in [4.69, 9.17) is 37.4 Å². The Kier molecular flexibility index (Phi) is 10.6. The Morgan fingerprint density at radius 1 is 0.765 bits per heavy atom. The Hall–Kier alpha value is -5.44. The second-order valence-electron chi connectivity index (χ2n) is 12.6. The number of benzene rings is 5. The third-order valence-corrected chi connectivity index (χ3v) is 9.35. The molecule has 258 valence electrons. The van der Waals surface area contributed by atoms with Crippen LogP contribution in [-0.2, 0) is 19.7 Å². The van der Waals surface area contributed by atoms with E-state index in [0.717, 1.165) is 5.56 Å². The highest BCUT2D eigenvalue weighted by Gasteiger charge is 2.36. The first-order valence-electron chi connectivity index (χ1n) is 16.2. The number of ketones is 1. The van der Waals surface area contributed by atoms with Crippen LogP contribution in [0.2, 0.25) is 10.0 Å². The molecule has 0 saturated carbocycles. The van der Waals surface area contributed by atoms with Crippen molar-refractivity contribution in [2.24, 2.45) is 5.92 Å². The van der Waals surface area contributed by atoms with Crippen molar-refractivity contribution in [3.63, 3.8) is 0 Å². The molecule has 1 amide bonds. The quantitative estimate of drug-likeness (QED) is 0.0762. The summed E-state index contributed by atoms with van der Waals surface area (Å²) in [5, 5.41) is 0.535. The maximum atomic E-state index is 12.8. The van der Waals surface area contributed by atoms with Crippen LogP contribution < -0.4 is 14.4 Å². The molecule has 0 aliphatic carbocycles. The summed E-state index contributed by atoms with van der Waals surface area (Å²) in [7, 11) is 0. The van der Waals surface area contributed by atoms with Crippen molar-refractivity contribution in [1.82, 2.24) is 0 Å². The van der Waals surface area contributed by atoms with Gasteiger partial charge in [-0.25, -0.2) is 4.79 Å². The van der Waals surface area contributed by atoms with Crippen LogP contribution in [0.5, 0.6) is 17.2 Å². The van der Waals surface area contributed by atoms with Crippen LogP contribution >= 0.6 is 23.2 Å². The number of rotatable bonds is 11. The van der Waals surface area contributed by atoms with Gasteiger partial charge < -0.3 is 19.1 Å². The van der Waals surface area contributed by atoms with Gasteiger partial charge in [0, 0.05) is 34.7 Å². The molecule has 1 fully saturated rings. The van der Waals surface area contributed by atoms with Crippen LogP contribution in [0.3, 0.4) is 0 Å². The van der Waals surface area contributed by atoms with Gasteiger partial charge in [0.05, 0.1) is 16.5 Å². The van der Waals surface area contributed by atoms with Crippen molar-refractivity contribution in [3.8, 4) is 17.2 Å². The van der Waals surface area contributed by atoms with Crippen LogP contribution in [0, 0.1) is 5.92 Å². The number of ether oxygens (including phenoxy) is 3. The lowest BCUT2D eigenvalue weighted by molar-refractivity contribution is -0.147. The summed E-state index contributed by atoms with van der Waals surface area (Å²) in [6.07, 6.45) is -0.0331. The van der Waals surface area contributed by atoms with Crippen molar-refractivity contribution in [2.75, 3.05) is 18.1 Å². The van der Waals surface area contributed by atoms with Crippen LogP contribution in [0.4, 0.5) is 5.69 Å². The molecule has 0 aromatic heterocycles. The molecule has 0 bridgehead atoms. The van der Waals surface area contributed by atoms with Gasteiger partial charge in [0.25, 0.3) is 0 Å². The standard InChI is InChI=1S/C41H33Cl2NO7/c1-41(2,28-6-4-3-5-7-28)29-10-17-32(18-11-29)50-33-19-13-31(14-20-33)44-24-27(22-38(44)46)39(47)49-25-37(45)26-8-15-34(16-9-26)51-40(48)35-21-12-30(42)23-36(35)43/h3-21,23,27H,22,24-25H2,1-2H3/t27-/m1/s1. The van der Waals surface area contributed by atoms with E-state index in [1.54, 1.807) is 24.3 Å². The predicted molar refractivity (Wildman–Crippen MR) is 195 cm³/mol. The van der Waals surface area contributed by atoms with Gasteiger partial charge in [0.15, 0.2) is 12.4 Å². The third kappa shape index (κ3) is 8.31. The third-order valence-electron chi connectivity index (χ3n) is 8.80. The first-order chi connectivity index (χ1) is 24.5. The molecule has 1 aliphatic rings. The highest BCUT2D eigenvalue weighted by Crippen LogP contribution is 2.34. The van der Waals surface area contributed by atoms with Gasteiger partial charge in [-0.15, -0.1) is 0 Å². The Bertz CT molecular complexity index is 2060. The van der Waals surface area contributed by atoms with Gasteiger partial charge in [-0.05, 0) is 90.0 Å². The number of carbonyl (C=O) groups is 4. The summed E-state index contributed by atoms with van der Waals surface area (Å²) in [6, 6.07) is 35.6. The summed E-state index contributed by atoms with van der Waals surface area (Å²) in [4.78, 5) is 52.4. The summed E-state index contributed by atoms with van der Waals surface area (Å²) < 4.78 is 16.7. The molecule has 1 aliphatic heterocycles. The number of amides is 1. The van der Waals surface area contributed by atoms with E-state index in [0.29, 0.717) is 22.2 Å². The van der Waals surface area contributed by atoms with Crippen molar-refractivity contribution in [2.45, 2.75) is 25.7 Å². The van der Waals surface area contributed by atoms with Crippen molar-refractivity contribution in [1.29, 1.82) is 0 Å². The molecule has 0 unspecified atom stereocenters. The Balaban J connectivity index is 0.983. The lowest BCUT2D eigenvalue weighted by Crippen LogP contribution is -2.27. The maximum absolute atomic E-state index is 12.8. The molecule has 5 aromatic carbocycles. The van der Waals surface area contributed by atoms with Gasteiger partial charge in [-0.2, -0.15) is 0 Å². The predicted octanol–water partition coefficient (Wildman–Crippen LogP) is 9.11. The second-order valence-corrected chi connectivity index (χ2v) is 13.4. The highest BCUT2D eigenvalue weighted by molar-refractivity contribution is 6.36. The fourth-order valence-electron chi connectivity index (χ4n) is 5.77. The number of hydrogen-bond donors (Lipinski definition) is 0. The fourth-order valence-corrected chi connectivity index (χ4v) is 6.26. The molecular formula is C41H33Cl2NO7. The molecule has 1 heterocycles. The Labute approximate surface area is 305 Å². The largest absolute Gasteiger partial charge is 0.457 e. The molecular weight excluding hydrogens is 689 g/mol. The lowest BCUT2D eigenvalue weighted by Gasteiger charge is -2.26. The number of hydrogen-bond acceptors (Lipinski definition) is 7. The fraction of sp³-hybridized carbons (Fsp3) is 0.171. The van der Waals surface area contributed by atoms with Gasteiger partial charge in [-0.3, -0.25) is 14.4 Å². The van der Waals surface area contributed by atoms with E-state index in [1.807, 2.05) is 30.3 Å². The van der Waals surface area contributed by atoms with E-state index in [-0.39, 0.29) is 46.2 Å². The Morgan fingerprint density at radius 2 is 1.37 bits per heavy atom. The summed E-state index contributed by atoms with van der Waals surface area (Å²) in [6.45, 7) is 4.00. The number of anilines is 1. The highest BCUT2D eigenvalue weighted by atomic mass is 35.5. The van der Waals surface area contributed by atoms with Gasteiger partial charge >= 0.3 is 11.9 Å². The van der Waals surface area contributed by atoms with E-state index >= 15 is 0 Å². The molecule has 0 radical (unpaired) electrons. The average molecular weight is 723 g/mol. The van der Waals surface area contributed by atoms with Crippen molar-refractivity contribution in [3.05, 3.63) is 154 Å². The van der Waals surface area contributed by atoms with E-state index in [2.05, 4.69) is 38.1 Å². The number of nitrogens with zero attached hydrogens (tertiary/aromatic N) is 1. The first kappa shape index (κ1) is 35.4. The molecule has 5 aromatic rings. The Morgan fingerprint density at radius 3 is 2.02 bits per heavy atom. The second kappa shape index (κ2) is 15.2. The van der Waals surface area contributed by atoms with E-state index < -0.39 is 30.2 Å². The molecule has 0 spiro atoms. The lowest BCUT2D eigenvalue weighted by atomic mass is 9.78. The number of carbonyl (C=O) groups excluding carboxylic acids is 4. The zero-order valence-corrected chi connectivity index (χ0v) is 29.3. The number of esters is 2. The normalized spacial score (nSPS) is 14.2. The summed E-state index contributed by atoms with van der Waals surface area (Å²) in [5.74, 6) is -1.23. The summed E-state index contributed by atoms with van der Waals surface area (Å²) in [5.41, 5.74) is 3.25. The zero-order chi connectivity index (χ0) is 36.1. The molecule has 10 heteroatoms. The molecule has 0 N–H and O–H groups in total. The monoisotopic (exact) mass is 721 g/mol. The number of halogens is 2. The van der Waals surface area contributed by atoms with Crippen LogP contribution in [0.1, 0.15) is 52.1 Å². The van der Waals surface area contributed by atoms with Gasteiger partial charge in [0.2, 0.25) is 5.91 Å². The van der Waals surface area contributed by atoms with Crippen LogP contribution in [0.15, 0.2) is 121 Å². The zero-order valence-electron chi connectivity index (χ0n) is 27.8. The molecule has 6 rings (SSSR count). The molecule has 51 heavy (non-hydrogen) atoms. The molecule has 1 atom stereocenters. The topological polar surface area (TPSA) is 99.2 Å². The minimum atomic E-state index is -0.721. The van der Waals surface area contributed by atoms with Crippen LogP contribution in [-0.4, -0.2) is 36.8 Å². The van der Waals surface area contributed by atoms with E-state index in [1.165, 1.54) is 52.9 Å².